The number of hydrogen-bond acceptors (Lipinski definition) is 2. The SMILES string of the molecule is CC(C)(C)N(C(=O)O)C1CCCN(Cc2ccccc2)CC1. The molecule has 0 radical (unpaired) electrons. The molecule has 4 heteroatoms. The molecule has 1 aromatic rings. The number of amides is 1. The van der Waals surface area contributed by atoms with Gasteiger partial charge >= 0.3 is 6.09 Å². The highest BCUT2D eigenvalue weighted by Crippen LogP contribution is 2.25. The van der Waals surface area contributed by atoms with E-state index in [0.717, 1.165) is 38.9 Å². The van der Waals surface area contributed by atoms with Gasteiger partial charge < -0.3 is 10.0 Å². The Hall–Kier alpha value is -1.55. The van der Waals surface area contributed by atoms with E-state index in [1.54, 1.807) is 4.90 Å². The van der Waals surface area contributed by atoms with Gasteiger partial charge in [0.05, 0.1) is 0 Å². The molecule has 0 aromatic heterocycles. The first kappa shape index (κ1) is 16.8. The van der Waals surface area contributed by atoms with Crippen molar-refractivity contribution in [3.05, 3.63) is 35.9 Å². The van der Waals surface area contributed by atoms with Gasteiger partial charge in [-0.2, -0.15) is 0 Å². The molecule has 0 spiro atoms. The third-order valence-electron chi connectivity index (χ3n) is 4.33. The summed E-state index contributed by atoms with van der Waals surface area (Å²) in [5.41, 5.74) is 0.984. The van der Waals surface area contributed by atoms with Crippen LogP contribution in [0.3, 0.4) is 0 Å². The average Bonchev–Trinajstić information content (AvgIpc) is 2.64. The summed E-state index contributed by atoms with van der Waals surface area (Å²) in [6.45, 7) is 8.90. The predicted molar refractivity (Wildman–Crippen MR) is 89.0 cm³/mol. The molecule has 1 heterocycles. The number of hydrogen-bond donors (Lipinski definition) is 1. The van der Waals surface area contributed by atoms with Crippen LogP contribution in [0.4, 0.5) is 4.79 Å². The molecule has 122 valence electrons. The lowest BCUT2D eigenvalue weighted by atomic mass is 9.99. The largest absolute Gasteiger partial charge is 0.465 e. The van der Waals surface area contributed by atoms with Crippen LogP contribution in [0.25, 0.3) is 0 Å². The van der Waals surface area contributed by atoms with E-state index in [0.29, 0.717) is 0 Å². The fourth-order valence-electron chi connectivity index (χ4n) is 3.39. The minimum absolute atomic E-state index is 0.123. The molecular weight excluding hydrogens is 276 g/mol. The van der Waals surface area contributed by atoms with Crippen molar-refractivity contribution in [3.63, 3.8) is 0 Å². The van der Waals surface area contributed by atoms with Crippen LogP contribution in [0, 0.1) is 0 Å². The number of carboxylic acid groups (broad SMARTS) is 1. The van der Waals surface area contributed by atoms with E-state index in [1.807, 2.05) is 26.8 Å². The van der Waals surface area contributed by atoms with Crippen molar-refractivity contribution in [1.29, 1.82) is 0 Å². The summed E-state index contributed by atoms with van der Waals surface area (Å²) in [5.74, 6) is 0. The Morgan fingerprint density at radius 3 is 2.50 bits per heavy atom. The van der Waals surface area contributed by atoms with Crippen molar-refractivity contribution in [1.82, 2.24) is 9.80 Å². The number of likely N-dealkylation sites (tertiary alicyclic amines) is 1. The number of carbonyl (C=O) groups is 1. The molecule has 0 bridgehead atoms. The summed E-state index contributed by atoms with van der Waals surface area (Å²) in [6.07, 6.45) is 2.12. The van der Waals surface area contributed by atoms with Crippen molar-refractivity contribution in [2.45, 2.75) is 58.2 Å². The maximum Gasteiger partial charge on any atom is 0.407 e. The van der Waals surface area contributed by atoms with Crippen molar-refractivity contribution in [2.24, 2.45) is 0 Å². The lowest BCUT2D eigenvalue weighted by Crippen LogP contribution is -2.51. The van der Waals surface area contributed by atoms with E-state index in [1.165, 1.54) is 5.56 Å². The molecule has 2 rings (SSSR count). The van der Waals surface area contributed by atoms with Gasteiger partial charge in [0.2, 0.25) is 0 Å². The Balaban J connectivity index is 1.98. The van der Waals surface area contributed by atoms with Gasteiger partial charge in [-0.25, -0.2) is 4.79 Å². The highest BCUT2D eigenvalue weighted by atomic mass is 16.4. The molecule has 1 atom stereocenters. The van der Waals surface area contributed by atoms with E-state index in [9.17, 15) is 9.90 Å². The van der Waals surface area contributed by atoms with Crippen LogP contribution < -0.4 is 0 Å². The summed E-state index contributed by atoms with van der Waals surface area (Å²) >= 11 is 0. The van der Waals surface area contributed by atoms with Crippen LogP contribution in [-0.2, 0) is 6.54 Å². The van der Waals surface area contributed by atoms with Crippen molar-refractivity contribution < 1.29 is 9.90 Å². The number of benzene rings is 1. The first-order valence-electron chi connectivity index (χ1n) is 8.16. The Morgan fingerprint density at radius 1 is 1.23 bits per heavy atom. The van der Waals surface area contributed by atoms with Gasteiger partial charge in [0.1, 0.15) is 0 Å². The maximum atomic E-state index is 11.6. The van der Waals surface area contributed by atoms with Gasteiger partial charge in [0.15, 0.2) is 0 Å². The molecule has 1 aliphatic rings. The lowest BCUT2D eigenvalue weighted by molar-refractivity contribution is 0.0647. The molecule has 1 aromatic carbocycles. The minimum Gasteiger partial charge on any atom is -0.465 e. The summed E-state index contributed by atoms with van der Waals surface area (Å²) in [6, 6.07) is 10.6. The summed E-state index contributed by atoms with van der Waals surface area (Å²) in [7, 11) is 0. The fourth-order valence-corrected chi connectivity index (χ4v) is 3.39. The van der Waals surface area contributed by atoms with E-state index in [2.05, 4.69) is 29.2 Å². The zero-order valence-electron chi connectivity index (χ0n) is 14.0. The minimum atomic E-state index is -0.797. The monoisotopic (exact) mass is 304 g/mol. The smallest absolute Gasteiger partial charge is 0.407 e. The standard InChI is InChI=1S/C18H28N2O2/c1-18(2,3)20(17(21)22)16-10-7-12-19(13-11-16)14-15-8-5-4-6-9-15/h4-6,8-9,16H,7,10-14H2,1-3H3,(H,21,22). The molecule has 1 saturated heterocycles. The van der Waals surface area contributed by atoms with E-state index in [-0.39, 0.29) is 11.6 Å². The Kier molecular flexibility index (Phi) is 5.46. The van der Waals surface area contributed by atoms with Gasteiger partial charge in [-0.15, -0.1) is 0 Å². The zero-order chi connectivity index (χ0) is 16.2. The predicted octanol–water partition coefficient (Wildman–Crippen LogP) is 3.82. The van der Waals surface area contributed by atoms with Crippen LogP contribution in [-0.4, -0.2) is 45.7 Å². The van der Waals surface area contributed by atoms with E-state index in [4.69, 9.17) is 0 Å². The van der Waals surface area contributed by atoms with E-state index >= 15 is 0 Å². The molecule has 0 aliphatic carbocycles. The normalized spacial score (nSPS) is 20.4. The molecule has 1 N–H and O–H groups in total. The highest BCUT2D eigenvalue weighted by Gasteiger charge is 2.34. The molecule has 1 amide bonds. The number of rotatable bonds is 3. The van der Waals surface area contributed by atoms with Crippen molar-refractivity contribution in [2.75, 3.05) is 13.1 Å². The third-order valence-corrected chi connectivity index (χ3v) is 4.33. The zero-order valence-corrected chi connectivity index (χ0v) is 14.0. The van der Waals surface area contributed by atoms with Crippen LogP contribution in [0.1, 0.15) is 45.6 Å². The topological polar surface area (TPSA) is 43.8 Å². The van der Waals surface area contributed by atoms with Gasteiger partial charge in [-0.1, -0.05) is 30.3 Å². The van der Waals surface area contributed by atoms with Gasteiger partial charge in [-0.05, 0) is 52.1 Å². The van der Waals surface area contributed by atoms with Gasteiger partial charge in [0, 0.05) is 24.7 Å². The first-order valence-corrected chi connectivity index (χ1v) is 8.16. The second kappa shape index (κ2) is 7.14. The Bertz CT molecular complexity index is 482. The van der Waals surface area contributed by atoms with Crippen LogP contribution in [0.5, 0.6) is 0 Å². The van der Waals surface area contributed by atoms with Gasteiger partial charge in [0.25, 0.3) is 0 Å². The lowest BCUT2D eigenvalue weighted by Gasteiger charge is -2.39. The fraction of sp³-hybridized carbons (Fsp3) is 0.611. The Morgan fingerprint density at radius 2 is 1.91 bits per heavy atom. The van der Waals surface area contributed by atoms with Crippen LogP contribution in [0.2, 0.25) is 0 Å². The van der Waals surface area contributed by atoms with Crippen LogP contribution in [0.15, 0.2) is 30.3 Å². The van der Waals surface area contributed by atoms with Gasteiger partial charge in [-0.3, -0.25) is 4.90 Å². The maximum absolute atomic E-state index is 11.6. The quantitative estimate of drug-likeness (QED) is 0.923. The average molecular weight is 304 g/mol. The second-order valence-corrected chi connectivity index (χ2v) is 7.17. The second-order valence-electron chi connectivity index (χ2n) is 7.17. The molecule has 1 aliphatic heterocycles. The highest BCUT2D eigenvalue weighted by molar-refractivity contribution is 5.66. The van der Waals surface area contributed by atoms with Crippen LogP contribution >= 0.6 is 0 Å². The van der Waals surface area contributed by atoms with Crippen molar-refractivity contribution >= 4 is 6.09 Å². The number of nitrogens with zero attached hydrogens (tertiary/aromatic N) is 2. The van der Waals surface area contributed by atoms with Crippen molar-refractivity contribution in [3.8, 4) is 0 Å². The molecule has 1 fully saturated rings. The summed E-state index contributed by atoms with van der Waals surface area (Å²) in [5, 5.41) is 9.57. The molecule has 22 heavy (non-hydrogen) atoms. The molecular formula is C18H28N2O2. The van der Waals surface area contributed by atoms with E-state index < -0.39 is 6.09 Å². The molecule has 0 saturated carbocycles. The molecule has 1 unspecified atom stereocenters. The third kappa shape index (κ3) is 4.47. The summed E-state index contributed by atoms with van der Waals surface area (Å²) < 4.78 is 0. The molecule has 4 nitrogen and oxygen atoms in total. The Labute approximate surface area is 133 Å². The summed E-state index contributed by atoms with van der Waals surface area (Å²) in [4.78, 5) is 15.7. The first-order chi connectivity index (χ1) is 10.4.